The molecule has 5 heteroatoms. The summed E-state index contributed by atoms with van der Waals surface area (Å²) in [5.41, 5.74) is 10.1. The van der Waals surface area contributed by atoms with Crippen molar-refractivity contribution >= 4 is 5.96 Å². The first kappa shape index (κ1) is 12.1. The summed E-state index contributed by atoms with van der Waals surface area (Å²) in [5.74, 6) is 0.807. The van der Waals surface area contributed by atoms with Gasteiger partial charge in [-0.25, -0.2) is 0 Å². The number of azide groups is 1. The van der Waals surface area contributed by atoms with Crippen LogP contribution >= 0.6 is 0 Å². The fourth-order valence-corrected chi connectivity index (χ4v) is 3.16. The van der Waals surface area contributed by atoms with E-state index in [0.29, 0.717) is 6.04 Å². The van der Waals surface area contributed by atoms with Crippen LogP contribution in [0.15, 0.2) is 35.4 Å². The fourth-order valence-electron chi connectivity index (χ4n) is 3.16. The molecule has 0 radical (unpaired) electrons. The second-order valence-corrected chi connectivity index (χ2v) is 5.22. The summed E-state index contributed by atoms with van der Waals surface area (Å²) in [5, 5.41) is 3.94. The van der Waals surface area contributed by atoms with E-state index in [1.807, 2.05) is 6.07 Å². The van der Waals surface area contributed by atoms with Crippen molar-refractivity contribution in [2.45, 2.75) is 31.8 Å². The topological polar surface area (TPSA) is 55.0 Å². The van der Waals surface area contributed by atoms with Crippen LogP contribution in [0.4, 0.5) is 0 Å². The molecule has 0 unspecified atom stereocenters. The first-order valence-electron chi connectivity index (χ1n) is 6.81. The average Bonchev–Trinajstić information content (AvgIpc) is 3.02. The largest absolute Gasteiger partial charge is 0.285 e. The van der Waals surface area contributed by atoms with E-state index in [4.69, 9.17) is 5.53 Å². The first-order valence-corrected chi connectivity index (χ1v) is 6.81. The Morgan fingerprint density at radius 2 is 2.21 bits per heavy atom. The molecule has 0 bridgehead atoms. The minimum Gasteiger partial charge on any atom is -0.285 e. The molecule has 1 aromatic carbocycles. The smallest absolute Gasteiger partial charge is 0.283 e. The van der Waals surface area contributed by atoms with Crippen LogP contribution in [0.1, 0.15) is 31.4 Å². The number of hydrogen-bond acceptors (Lipinski definition) is 2. The molecule has 0 aromatic heterocycles. The Bertz CT molecular complexity index is 544. The Labute approximate surface area is 112 Å². The predicted octanol–water partition coefficient (Wildman–Crippen LogP) is 2.90. The minimum absolute atomic E-state index is 0.243. The van der Waals surface area contributed by atoms with E-state index < -0.39 is 0 Å². The molecule has 1 aromatic rings. The molecule has 5 nitrogen and oxygen atoms in total. The van der Waals surface area contributed by atoms with Gasteiger partial charge in [-0.2, -0.15) is 0 Å². The van der Waals surface area contributed by atoms with E-state index in [2.05, 4.69) is 50.7 Å². The van der Waals surface area contributed by atoms with Gasteiger partial charge < -0.3 is 0 Å². The van der Waals surface area contributed by atoms with Crippen molar-refractivity contribution in [1.82, 2.24) is 4.90 Å². The van der Waals surface area contributed by atoms with Gasteiger partial charge in [0.25, 0.3) is 5.96 Å². The number of hydrogen-bond donors (Lipinski definition) is 0. The molecule has 1 fully saturated rings. The Hall–Kier alpha value is -2.00. The van der Waals surface area contributed by atoms with Crippen molar-refractivity contribution in [3.05, 3.63) is 46.3 Å². The normalized spacial score (nSPS) is 23.2. The number of rotatable bonds is 2. The van der Waals surface area contributed by atoms with Crippen LogP contribution in [-0.4, -0.2) is 34.6 Å². The lowest BCUT2D eigenvalue weighted by Crippen LogP contribution is -2.31. The quantitative estimate of drug-likeness (QED) is 0.347. The molecule has 0 spiro atoms. The van der Waals surface area contributed by atoms with Gasteiger partial charge in [-0.3, -0.25) is 9.48 Å². The number of benzene rings is 1. The van der Waals surface area contributed by atoms with Crippen molar-refractivity contribution in [2.24, 2.45) is 5.11 Å². The second-order valence-electron chi connectivity index (χ2n) is 5.22. The lowest BCUT2D eigenvalue weighted by atomic mass is 10.1. The SMILES string of the molecule is C[C@H](c1ccccc1)N1C[C@@H]2CCC[N+]2=C1N=[N+]=[N-]. The summed E-state index contributed by atoms with van der Waals surface area (Å²) in [6.45, 7) is 4.14. The summed E-state index contributed by atoms with van der Waals surface area (Å²) < 4.78 is 2.26. The Morgan fingerprint density at radius 3 is 2.95 bits per heavy atom. The molecule has 2 aliphatic rings. The van der Waals surface area contributed by atoms with E-state index in [-0.39, 0.29) is 6.04 Å². The zero-order valence-electron chi connectivity index (χ0n) is 11.1. The number of nitrogens with zero attached hydrogens (tertiary/aromatic N) is 5. The number of guanidine groups is 1. The highest BCUT2D eigenvalue weighted by molar-refractivity contribution is 5.77. The summed E-state index contributed by atoms with van der Waals surface area (Å²) in [7, 11) is 0. The molecule has 2 aliphatic heterocycles. The first-order chi connectivity index (χ1) is 9.31. The van der Waals surface area contributed by atoms with Crippen molar-refractivity contribution in [3.8, 4) is 0 Å². The molecular weight excluding hydrogens is 238 g/mol. The Morgan fingerprint density at radius 1 is 1.42 bits per heavy atom. The maximum atomic E-state index is 8.80. The third kappa shape index (κ3) is 2.06. The zero-order valence-corrected chi connectivity index (χ0v) is 11.1. The van der Waals surface area contributed by atoms with E-state index in [1.54, 1.807) is 0 Å². The van der Waals surface area contributed by atoms with Crippen LogP contribution in [0.5, 0.6) is 0 Å². The van der Waals surface area contributed by atoms with Gasteiger partial charge >= 0.3 is 0 Å². The highest BCUT2D eigenvalue weighted by Gasteiger charge is 2.40. The van der Waals surface area contributed by atoms with Gasteiger partial charge in [-0.05, 0) is 30.9 Å². The van der Waals surface area contributed by atoms with Gasteiger partial charge in [-0.1, -0.05) is 30.3 Å². The van der Waals surface area contributed by atoms with Gasteiger partial charge in [-0.15, -0.1) is 0 Å². The molecule has 98 valence electrons. The van der Waals surface area contributed by atoms with Gasteiger partial charge in [0, 0.05) is 10.0 Å². The van der Waals surface area contributed by atoms with E-state index >= 15 is 0 Å². The summed E-state index contributed by atoms with van der Waals surface area (Å²) in [6, 6.07) is 11.1. The molecule has 19 heavy (non-hydrogen) atoms. The fraction of sp³-hybridized carbons (Fsp3) is 0.500. The minimum atomic E-state index is 0.243. The van der Waals surface area contributed by atoms with Crippen molar-refractivity contribution in [2.75, 3.05) is 13.1 Å². The molecule has 1 saturated heterocycles. The van der Waals surface area contributed by atoms with Crippen LogP contribution in [0.2, 0.25) is 0 Å². The Kier molecular flexibility index (Phi) is 3.13. The standard InChI is InChI=1S/C14H18N5/c1-11(12-6-3-2-4-7-12)19-10-13-8-5-9-18(13)14(19)16-17-15/h2-4,6-7,11,13H,5,8-10H2,1H3/q+1/t11-,13+/m1/s1. The van der Waals surface area contributed by atoms with Crippen molar-refractivity contribution < 1.29 is 4.58 Å². The molecular formula is C14H18N5+. The zero-order chi connectivity index (χ0) is 13.2. The highest BCUT2D eigenvalue weighted by atomic mass is 15.4. The van der Waals surface area contributed by atoms with Crippen LogP contribution in [0.25, 0.3) is 10.4 Å². The summed E-state index contributed by atoms with van der Waals surface area (Å²) in [6.07, 6.45) is 2.39. The maximum Gasteiger partial charge on any atom is 0.283 e. The monoisotopic (exact) mass is 256 g/mol. The third-order valence-corrected chi connectivity index (χ3v) is 4.18. The molecule has 3 rings (SSSR count). The van der Waals surface area contributed by atoms with Crippen LogP contribution < -0.4 is 0 Å². The van der Waals surface area contributed by atoms with Gasteiger partial charge in [0.1, 0.15) is 6.04 Å². The van der Waals surface area contributed by atoms with E-state index in [9.17, 15) is 0 Å². The molecule has 0 amide bonds. The summed E-state index contributed by atoms with van der Waals surface area (Å²) in [4.78, 5) is 5.24. The molecule has 0 saturated carbocycles. The average molecular weight is 256 g/mol. The lowest BCUT2D eigenvalue weighted by molar-refractivity contribution is -0.534. The van der Waals surface area contributed by atoms with Gasteiger partial charge in [0.2, 0.25) is 0 Å². The highest BCUT2D eigenvalue weighted by Crippen LogP contribution is 2.29. The summed E-state index contributed by atoms with van der Waals surface area (Å²) >= 11 is 0. The molecule has 0 aliphatic carbocycles. The molecule has 2 atom stereocenters. The van der Waals surface area contributed by atoms with Crippen molar-refractivity contribution in [1.29, 1.82) is 0 Å². The van der Waals surface area contributed by atoms with Crippen LogP contribution in [0, 0.1) is 0 Å². The predicted molar refractivity (Wildman–Crippen MR) is 73.9 cm³/mol. The van der Waals surface area contributed by atoms with Gasteiger partial charge in [0.05, 0.1) is 19.1 Å². The van der Waals surface area contributed by atoms with Crippen molar-refractivity contribution in [3.63, 3.8) is 0 Å². The number of fused-ring (bicyclic) bond motifs is 1. The van der Waals surface area contributed by atoms with E-state index in [1.165, 1.54) is 18.4 Å². The van der Waals surface area contributed by atoms with Crippen LogP contribution in [0.3, 0.4) is 0 Å². The van der Waals surface area contributed by atoms with Gasteiger partial charge in [0.15, 0.2) is 0 Å². The van der Waals surface area contributed by atoms with Crippen LogP contribution in [-0.2, 0) is 0 Å². The third-order valence-electron chi connectivity index (χ3n) is 4.18. The van der Waals surface area contributed by atoms with E-state index in [0.717, 1.165) is 19.0 Å². The Balaban J connectivity index is 1.93. The molecule has 0 N–H and O–H groups in total. The lowest BCUT2D eigenvalue weighted by Gasteiger charge is -2.22. The second kappa shape index (κ2) is 4.94. The maximum absolute atomic E-state index is 8.80. The molecule has 2 heterocycles.